The molecule has 0 bridgehead atoms. The van der Waals surface area contributed by atoms with Crippen LogP contribution in [0.15, 0.2) is 6.20 Å². The van der Waals surface area contributed by atoms with Crippen molar-refractivity contribution in [1.29, 1.82) is 0 Å². The number of nitrogens with one attached hydrogen (secondary N) is 1. The zero-order valence-electron chi connectivity index (χ0n) is 11.4. The first kappa shape index (κ1) is 14.0. The Morgan fingerprint density at radius 2 is 2.06 bits per heavy atom. The van der Waals surface area contributed by atoms with E-state index in [0.29, 0.717) is 6.54 Å². The van der Waals surface area contributed by atoms with E-state index in [0.717, 1.165) is 30.7 Å². The fraction of sp³-hybridized carbons (Fsp3) is 0.786. The van der Waals surface area contributed by atoms with Crippen LogP contribution in [0.2, 0.25) is 0 Å². The van der Waals surface area contributed by atoms with E-state index in [1.54, 1.807) is 11.3 Å². The van der Waals surface area contributed by atoms with Gasteiger partial charge in [0.15, 0.2) is 0 Å². The average molecular weight is 268 g/mol. The lowest BCUT2D eigenvalue weighted by atomic mass is 9.94. The van der Waals surface area contributed by atoms with Gasteiger partial charge >= 0.3 is 0 Å². The van der Waals surface area contributed by atoms with Gasteiger partial charge in [0.25, 0.3) is 0 Å². The zero-order valence-corrected chi connectivity index (χ0v) is 12.2. The highest BCUT2D eigenvalue weighted by Gasteiger charge is 2.28. The minimum absolute atomic E-state index is 0.281. The smallest absolute Gasteiger partial charge is 0.0897 e. The van der Waals surface area contributed by atoms with Crippen LogP contribution in [0.1, 0.15) is 61.4 Å². The van der Waals surface area contributed by atoms with Crippen molar-refractivity contribution < 1.29 is 5.11 Å². The monoisotopic (exact) mass is 268 g/mol. The summed E-state index contributed by atoms with van der Waals surface area (Å²) in [7, 11) is 0. The highest BCUT2D eigenvalue weighted by atomic mass is 32.1. The van der Waals surface area contributed by atoms with Crippen LogP contribution < -0.4 is 5.32 Å². The highest BCUT2D eigenvalue weighted by molar-refractivity contribution is 7.11. The quantitative estimate of drug-likeness (QED) is 0.824. The van der Waals surface area contributed by atoms with Gasteiger partial charge in [-0.3, -0.25) is 0 Å². The highest BCUT2D eigenvalue weighted by Crippen LogP contribution is 2.27. The van der Waals surface area contributed by atoms with Crippen LogP contribution in [0.3, 0.4) is 0 Å². The Balaban J connectivity index is 1.86. The summed E-state index contributed by atoms with van der Waals surface area (Å²) >= 11 is 1.73. The molecule has 18 heavy (non-hydrogen) atoms. The Morgan fingerprint density at radius 3 is 2.61 bits per heavy atom. The van der Waals surface area contributed by atoms with Crippen molar-refractivity contribution in [2.75, 3.05) is 6.54 Å². The average Bonchev–Trinajstić information content (AvgIpc) is 2.66. The fourth-order valence-corrected chi connectivity index (χ4v) is 3.40. The van der Waals surface area contributed by atoms with Crippen LogP contribution in [0.25, 0.3) is 0 Å². The first-order chi connectivity index (χ1) is 8.59. The Labute approximate surface area is 114 Å². The third-order valence-corrected chi connectivity index (χ3v) is 4.93. The third-order valence-electron chi connectivity index (χ3n) is 3.84. The van der Waals surface area contributed by atoms with Crippen molar-refractivity contribution in [2.24, 2.45) is 0 Å². The summed E-state index contributed by atoms with van der Waals surface area (Å²) in [5.41, 5.74) is -0.496. The summed E-state index contributed by atoms with van der Waals surface area (Å²) in [6.45, 7) is 4.87. The van der Waals surface area contributed by atoms with Crippen LogP contribution in [0.5, 0.6) is 0 Å². The predicted molar refractivity (Wildman–Crippen MR) is 75.9 cm³/mol. The summed E-state index contributed by atoms with van der Waals surface area (Å²) in [6, 6.07) is 0.281. The van der Waals surface area contributed by atoms with Crippen LogP contribution >= 0.6 is 11.3 Å². The first-order valence-electron chi connectivity index (χ1n) is 6.97. The van der Waals surface area contributed by atoms with Crippen molar-refractivity contribution in [3.05, 3.63) is 16.1 Å². The van der Waals surface area contributed by atoms with Gasteiger partial charge in [0.2, 0.25) is 0 Å². The fourth-order valence-electron chi connectivity index (χ4n) is 2.59. The van der Waals surface area contributed by atoms with Gasteiger partial charge in [-0.25, -0.2) is 4.98 Å². The second-order valence-electron chi connectivity index (χ2n) is 5.52. The molecule has 1 atom stereocenters. The summed E-state index contributed by atoms with van der Waals surface area (Å²) in [5, 5.41) is 15.2. The molecule has 1 aliphatic rings. The van der Waals surface area contributed by atoms with E-state index in [4.69, 9.17) is 0 Å². The van der Waals surface area contributed by atoms with Crippen LogP contribution in [-0.4, -0.2) is 22.2 Å². The van der Waals surface area contributed by atoms with Gasteiger partial charge in [-0.2, -0.15) is 0 Å². The van der Waals surface area contributed by atoms with E-state index >= 15 is 0 Å². The van der Waals surface area contributed by atoms with Crippen molar-refractivity contribution in [2.45, 2.75) is 64.0 Å². The number of thiazole rings is 1. The SMILES string of the molecule is Cc1ncc(C(C)NCC2(O)CCCCCC2)s1. The zero-order chi connectivity index (χ0) is 13.0. The summed E-state index contributed by atoms with van der Waals surface area (Å²) in [5.74, 6) is 0. The summed E-state index contributed by atoms with van der Waals surface area (Å²) < 4.78 is 0. The van der Waals surface area contributed by atoms with E-state index in [2.05, 4.69) is 17.2 Å². The van der Waals surface area contributed by atoms with Gasteiger partial charge in [-0.1, -0.05) is 25.7 Å². The molecule has 1 aliphatic carbocycles. The Kier molecular flexibility index (Phi) is 4.76. The van der Waals surface area contributed by atoms with E-state index < -0.39 is 5.60 Å². The van der Waals surface area contributed by atoms with E-state index in [1.807, 2.05) is 13.1 Å². The van der Waals surface area contributed by atoms with Crippen LogP contribution in [0, 0.1) is 6.92 Å². The van der Waals surface area contributed by atoms with Crippen molar-refractivity contribution in [3.63, 3.8) is 0 Å². The maximum Gasteiger partial charge on any atom is 0.0897 e. The van der Waals surface area contributed by atoms with E-state index in [1.165, 1.54) is 17.7 Å². The molecule has 2 rings (SSSR count). The minimum atomic E-state index is -0.496. The molecule has 0 aliphatic heterocycles. The maximum atomic E-state index is 10.6. The predicted octanol–water partition coefficient (Wildman–Crippen LogP) is 3.19. The standard InChI is InChI=1S/C14H24N2OS/c1-11(13-9-15-12(2)18-13)16-10-14(17)7-5-3-4-6-8-14/h9,11,16-17H,3-8,10H2,1-2H3. The first-order valence-corrected chi connectivity index (χ1v) is 7.79. The molecule has 1 aromatic rings. The molecular formula is C14H24N2OS. The molecule has 4 heteroatoms. The third kappa shape index (κ3) is 3.77. The van der Waals surface area contributed by atoms with Crippen LogP contribution in [-0.2, 0) is 0 Å². The molecule has 3 nitrogen and oxygen atoms in total. The molecular weight excluding hydrogens is 244 g/mol. The second kappa shape index (κ2) is 6.13. The molecule has 1 fully saturated rings. The molecule has 1 heterocycles. The molecule has 0 radical (unpaired) electrons. The number of aryl methyl sites for hydroxylation is 1. The van der Waals surface area contributed by atoms with Gasteiger partial charge in [0, 0.05) is 23.7 Å². The molecule has 1 saturated carbocycles. The van der Waals surface area contributed by atoms with Gasteiger partial charge in [-0.05, 0) is 26.7 Å². The lowest BCUT2D eigenvalue weighted by Gasteiger charge is -2.28. The van der Waals surface area contributed by atoms with Gasteiger partial charge in [0.05, 0.1) is 10.6 Å². The number of aromatic nitrogens is 1. The Bertz CT molecular complexity index is 370. The largest absolute Gasteiger partial charge is 0.389 e. The summed E-state index contributed by atoms with van der Waals surface area (Å²) in [6.07, 6.45) is 8.67. The van der Waals surface area contributed by atoms with Crippen molar-refractivity contribution in [1.82, 2.24) is 10.3 Å². The number of aliphatic hydroxyl groups is 1. The Morgan fingerprint density at radius 1 is 1.39 bits per heavy atom. The van der Waals surface area contributed by atoms with E-state index in [9.17, 15) is 5.11 Å². The van der Waals surface area contributed by atoms with Gasteiger partial charge in [-0.15, -0.1) is 11.3 Å². The molecule has 0 amide bonds. The molecule has 1 unspecified atom stereocenters. The lowest BCUT2D eigenvalue weighted by molar-refractivity contribution is 0.0232. The number of hydrogen-bond acceptors (Lipinski definition) is 4. The maximum absolute atomic E-state index is 10.6. The van der Waals surface area contributed by atoms with Gasteiger partial charge < -0.3 is 10.4 Å². The molecule has 102 valence electrons. The molecule has 0 spiro atoms. The molecule has 2 N–H and O–H groups in total. The van der Waals surface area contributed by atoms with Crippen molar-refractivity contribution in [3.8, 4) is 0 Å². The Hall–Kier alpha value is -0.450. The van der Waals surface area contributed by atoms with Crippen LogP contribution in [0.4, 0.5) is 0 Å². The lowest BCUT2D eigenvalue weighted by Crippen LogP contribution is -2.40. The van der Waals surface area contributed by atoms with Gasteiger partial charge in [0.1, 0.15) is 0 Å². The topological polar surface area (TPSA) is 45.2 Å². The number of hydrogen-bond donors (Lipinski definition) is 2. The molecule has 0 saturated heterocycles. The van der Waals surface area contributed by atoms with E-state index in [-0.39, 0.29) is 6.04 Å². The summed E-state index contributed by atoms with van der Waals surface area (Å²) in [4.78, 5) is 5.54. The molecule has 1 aromatic heterocycles. The normalized spacial score (nSPS) is 21.5. The molecule has 0 aromatic carbocycles. The second-order valence-corrected chi connectivity index (χ2v) is 6.79. The number of nitrogens with zero attached hydrogens (tertiary/aromatic N) is 1. The minimum Gasteiger partial charge on any atom is -0.389 e. The van der Waals surface area contributed by atoms with Crippen molar-refractivity contribution >= 4 is 11.3 Å². The number of rotatable bonds is 4.